The molecule has 0 aliphatic heterocycles. The maximum atomic E-state index is 13.4. The normalized spacial score (nSPS) is 20.5. The van der Waals surface area contributed by atoms with Crippen LogP contribution >= 0.6 is 11.3 Å². The highest BCUT2D eigenvalue weighted by Gasteiger charge is 2.44. The molecule has 1 fully saturated rings. The van der Waals surface area contributed by atoms with Crippen LogP contribution in [0.1, 0.15) is 51.5 Å². The molecule has 0 radical (unpaired) electrons. The molecule has 3 aromatic rings. The van der Waals surface area contributed by atoms with Crippen molar-refractivity contribution in [3.8, 4) is 5.88 Å². The van der Waals surface area contributed by atoms with E-state index in [-0.39, 0.29) is 37.2 Å². The van der Waals surface area contributed by atoms with Gasteiger partial charge in [-0.3, -0.25) is 9.36 Å². The molecular formula is C23H25F3N6O4S. The third kappa shape index (κ3) is 5.20. The van der Waals surface area contributed by atoms with E-state index < -0.39 is 24.7 Å². The lowest BCUT2D eigenvalue weighted by molar-refractivity contribution is -0.119. The molecule has 10 nitrogen and oxygen atoms in total. The molecule has 1 N–H and O–H groups in total. The number of fused-ring (bicyclic) bond motifs is 1. The molecule has 0 unspecified atom stereocenters. The summed E-state index contributed by atoms with van der Waals surface area (Å²) in [7, 11) is 1.57. The Bertz CT molecular complexity index is 1320. The third-order valence-electron chi connectivity index (χ3n) is 6.52. The van der Waals surface area contributed by atoms with Gasteiger partial charge in [-0.1, -0.05) is 0 Å². The highest BCUT2D eigenvalue weighted by molar-refractivity contribution is 7.12. The average Bonchev–Trinajstić information content (AvgIpc) is 3.14. The first-order chi connectivity index (χ1) is 17.7. The highest BCUT2D eigenvalue weighted by atomic mass is 32.1. The fourth-order valence-corrected chi connectivity index (χ4v) is 5.98. The number of nitrogens with one attached hydrogen (secondary N) is 1. The van der Waals surface area contributed by atoms with Crippen LogP contribution in [-0.2, 0) is 35.8 Å². The number of aryl methyl sites for hydroxylation is 2. The van der Waals surface area contributed by atoms with Gasteiger partial charge < -0.3 is 14.8 Å². The Balaban J connectivity index is 1.39. The summed E-state index contributed by atoms with van der Waals surface area (Å²) in [6.45, 7) is -1.09. The van der Waals surface area contributed by atoms with Crippen molar-refractivity contribution in [3.63, 3.8) is 0 Å². The number of carbonyl (C=O) groups excluding carboxylic acids is 2. The zero-order valence-corrected chi connectivity index (χ0v) is 20.9. The van der Waals surface area contributed by atoms with Gasteiger partial charge in [0.15, 0.2) is 0 Å². The number of esters is 1. The molecule has 3 atom stereocenters. The van der Waals surface area contributed by atoms with Crippen molar-refractivity contribution in [2.45, 2.75) is 57.9 Å². The molecule has 0 spiro atoms. The van der Waals surface area contributed by atoms with Crippen LogP contribution in [0.25, 0.3) is 0 Å². The minimum Gasteiger partial charge on any atom is -0.462 e. The monoisotopic (exact) mass is 538 g/mol. The van der Waals surface area contributed by atoms with E-state index in [0.29, 0.717) is 35.0 Å². The molecule has 198 valence electrons. The van der Waals surface area contributed by atoms with Crippen molar-refractivity contribution in [2.75, 3.05) is 11.9 Å². The Labute approximate surface area is 213 Å². The maximum Gasteiger partial charge on any atom is 0.388 e. The highest BCUT2D eigenvalue weighted by Crippen LogP contribution is 2.41. The molecule has 37 heavy (non-hydrogen) atoms. The summed E-state index contributed by atoms with van der Waals surface area (Å²) < 4.78 is 51.4. The number of nitrogens with zero attached hydrogens (tertiary/aromatic N) is 5. The van der Waals surface area contributed by atoms with Gasteiger partial charge in [0.2, 0.25) is 11.8 Å². The number of aromatic nitrogens is 5. The van der Waals surface area contributed by atoms with Crippen molar-refractivity contribution in [3.05, 3.63) is 33.3 Å². The van der Waals surface area contributed by atoms with Crippen LogP contribution in [0.4, 0.5) is 24.9 Å². The van der Waals surface area contributed by atoms with Crippen LogP contribution < -0.4 is 10.1 Å². The molecule has 2 aliphatic carbocycles. The first-order valence-electron chi connectivity index (χ1n) is 11.9. The van der Waals surface area contributed by atoms with E-state index in [1.54, 1.807) is 20.3 Å². The number of hydrogen-bond acceptors (Lipinski definition) is 9. The first-order valence-corrected chi connectivity index (χ1v) is 12.7. The molecule has 0 saturated heterocycles. The predicted molar refractivity (Wildman–Crippen MR) is 126 cm³/mol. The van der Waals surface area contributed by atoms with Gasteiger partial charge in [0.1, 0.15) is 24.1 Å². The van der Waals surface area contributed by atoms with Gasteiger partial charge in [0.25, 0.3) is 0 Å². The second kappa shape index (κ2) is 10.1. The van der Waals surface area contributed by atoms with E-state index in [9.17, 15) is 22.8 Å². The largest absolute Gasteiger partial charge is 0.462 e. The van der Waals surface area contributed by atoms with Crippen molar-refractivity contribution < 1.29 is 32.2 Å². The van der Waals surface area contributed by atoms with Gasteiger partial charge in [0, 0.05) is 35.3 Å². The number of alkyl halides is 3. The molecule has 2 aliphatic rings. The standard InChI is InChI=1S/C23H25F3N6O4S/c1-3-35-21(34)20-13-6-11(4-5-16(13)37-17(20)8-15(33)12-7-14(12)24)32-10-27-29-23(32)28-18-9-19(30-31(18)2)36-22(25)26/h9-12,14,22H,3-8H2,1-2H3,(H,28,29)/t11-,12-,14-/m0/s1. The van der Waals surface area contributed by atoms with Gasteiger partial charge in [0.05, 0.1) is 18.1 Å². The van der Waals surface area contributed by atoms with Crippen molar-refractivity contribution >= 4 is 34.9 Å². The molecule has 0 amide bonds. The number of Topliss-reactive ketones (excluding diaryl/α,β-unsaturated/α-hetero) is 1. The van der Waals surface area contributed by atoms with Crippen molar-refractivity contribution in [1.29, 1.82) is 0 Å². The zero-order chi connectivity index (χ0) is 26.3. The number of ketones is 1. The molecule has 3 aromatic heterocycles. The molecule has 3 heterocycles. The Morgan fingerprint density at radius 3 is 2.84 bits per heavy atom. The summed E-state index contributed by atoms with van der Waals surface area (Å²) >= 11 is 1.42. The smallest absolute Gasteiger partial charge is 0.388 e. The molecular weight excluding hydrogens is 513 g/mol. The minimum absolute atomic E-state index is 0.0184. The maximum absolute atomic E-state index is 13.4. The number of carbonyl (C=O) groups is 2. The predicted octanol–water partition coefficient (Wildman–Crippen LogP) is 3.79. The number of ether oxygens (including phenoxy) is 2. The lowest BCUT2D eigenvalue weighted by Crippen LogP contribution is -2.21. The molecule has 14 heteroatoms. The van der Waals surface area contributed by atoms with Crippen LogP contribution in [-0.4, -0.2) is 55.7 Å². The first kappa shape index (κ1) is 25.2. The summed E-state index contributed by atoms with van der Waals surface area (Å²) in [5, 5.41) is 15.1. The third-order valence-corrected chi connectivity index (χ3v) is 7.81. The van der Waals surface area contributed by atoms with E-state index >= 15 is 0 Å². The quantitative estimate of drug-likeness (QED) is 0.388. The lowest BCUT2D eigenvalue weighted by atomic mass is 9.90. The summed E-state index contributed by atoms with van der Waals surface area (Å²) in [5.74, 6) is -0.754. The van der Waals surface area contributed by atoms with Gasteiger partial charge in [-0.15, -0.1) is 26.6 Å². The zero-order valence-electron chi connectivity index (χ0n) is 20.1. The SMILES string of the molecule is CCOC(=O)c1c(CC(=O)[C@H]2C[C@@H]2F)sc2c1C[C@@H](n1cnnc1Nc1cc(OC(F)F)nn1C)CC2. The molecule has 5 rings (SSSR count). The van der Waals surface area contributed by atoms with E-state index in [1.807, 2.05) is 4.57 Å². The van der Waals surface area contributed by atoms with Crippen LogP contribution in [0.3, 0.4) is 0 Å². The Morgan fingerprint density at radius 2 is 2.14 bits per heavy atom. The fraction of sp³-hybridized carbons (Fsp3) is 0.522. The minimum atomic E-state index is -3.00. The van der Waals surface area contributed by atoms with Gasteiger partial charge in [-0.2, -0.15) is 8.78 Å². The van der Waals surface area contributed by atoms with E-state index in [0.717, 1.165) is 16.9 Å². The van der Waals surface area contributed by atoms with Crippen LogP contribution in [0.15, 0.2) is 12.4 Å². The van der Waals surface area contributed by atoms with E-state index in [2.05, 4.69) is 25.3 Å². The van der Waals surface area contributed by atoms with Gasteiger partial charge >= 0.3 is 12.6 Å². The van der Waals surface area contributed by atoms with E-state index in [1.165, 1.54) is 22.1 Å². The van der Waals surface area contributed by atoms with Crippen molar-refractivity contribution in [1.82, 2.24) is 24.5 Å². The molecule has 1 saturated carbocycles. The summed E-state index contributed by atoms with van der Waals surface area (Å²) in [4.78, 5) is 27.1. The lowest BCUT2D eigenvalue weighted by Gasteiger charge is -2.25. The number of anilines is 2. The second-order valence-electron chi connectivity index (χ2n) is 8.98. The van der Waals surface area contributed by atoms with Crippen LogP contribution in [0.2, 0.25) is 0 Å². The second-order valence-corrected chi connectivity index (χ2v) is 10.2. The Morgan fingerprint density at radius 1 is 1.35 bits per heavy atom. The summed E-state index contributed by atoms with van der Waals surface area (Å²) in [6.07, 6.45) is 2.59. The Hall–Kier alpha value is -3.42. The average molecular weight is 539 g/mol. The number of halogens is 3. The fourth-order valence-electron chi connectivity index (χ4n) is 4.63. The van der Waals surface area contributed by atoms with Gasteiger partial charge in [-0.25, -0.2) is 13.9 Å². The topological polar surface area (TPSA) is 113 Å². The molecule has 0 aromatic carbocycles. The summed E-state index contributed by atoms with van der Waals surface area (Å²) in [5.41, 5.74) is 1.22. The Kier molecular flexibility index (Phi) is 6.92. The summed E-state index contributed by atoms with van der Waals surface area (Å²) in [6, 6.07) is 1.20. The number of hydrogen-bond donors (Lipinski definition) is 1. The van der Waals surface area contributed by atoms with Gasteiger partial charge in [-0.05, 0) is 38.2 Å². The van der Waals surface area contributed by atoms with Crippen molar-refractivity contribution in [2.24, 2.45) is 13.0 Å². The number of thiophene rings is 1. The van der Waals surface area contributed by atoms with Crippen LogP contribution in [0.5, 0.6) is 5.88 Å². The molecule has 0 bridgehead atoms. The van der Waals surface area contributed by atoms with E-state index in [4.69, 9.17) is 4.74 Å². The van der Waals surface area contributed by atoms with Crippen LogP contribution in [0, 0.1) is 5.92 Å². The number of rotatable bonds is 10.